The van der Waals surface area contributed by atoms with Crippen LogP contribution in [0.5, 0.6) is 0 Å². The Bertz CT molecular complexity index is 1310. The SMILES string of the molecule is Cn1c2ccccc2c2c(C3CCCCC3)cc3c4ccccc4oc3c21. The molecule has 6 rings (SSSR count). The molecule has 0 amide bonds. The van der Waals surface area contributed by atoms with E-state index < -0.39 is 0 Å². The molecule has 1 fully saturated rings. The van der Waals surface area contributed by atoms with Gasteiger partial charge in [0.1, 0.15) is 5.58 Å². The van der Waals surface area contributed by atoms with Crippen molar-refractivity contribution in [1.82, 2.24) is 4.57 Å². The van der Waals surface area contributed by atoms with E-state index in [9.17, 15) is 0 Å². The van der Waals surface area contributed by atoms with Gasteiger partial charge in [0.25, 0.3) is 0 Å². The number of hydrogen-bond donors (Lipinski definition) is 0. The molecule has 0 bridgehead atoms. The van der Waals surface area contributed by atoms with E-state index in [0.717, 1.165) is 11.2 Å². The lowest BCUT2D eigenvalue weighted by atomic mass is 9.82. The molecule has 2 aromatic heterocycles. The van der Waals surface area contributed by atoms with Crippen molar-refractivity contribution in [3.8, 4) is 0 Å². The lowest BCUT2D eigenvalue weighted by molar-refractivity contribution is 0.446. The molecule has 0 spiro atoms. The largest absolute Gasteiger partial charge is 0.454 e. The highest BCUT2D eigenvalue weighted by Crippen LogP contribution is 2.45. The molecule has 1 aliphatic carbocycles. The van der Waals surface area contributed by atoms with Gasteiger partial charge in [-0.2, -0.15) is 0 Å². The Hall–Kier alpha value is -2.74. The van der Waals surface area contributed by atoms with Crippen LogP contribution in [0.15, 0.2) is 59.0 Å². The van der Waals surface area contributed by atoms with Gasteiger partial charge >= 0.3 is 0 Å². The molecule has 0 aliphatic heterocycles. The minimum Gasteiger partial charge on any atom is -0.454 e. The van der Waals surface area contributed by atoms with Crippen molar-refractivity contribution >= 4 is 43.7 Å². The minimum atomic E-state index is 0.658. The number of nitrogens with zero attached hydrogens (tertiary/aromatic N) is 1. The molecule has 5 aromatic rings. The van der Waals surface area contributed by atoms with Crippen molar-refractivity contribution in [2.75, 3.05) is 0 Å². The Balaban J connectivity index is 1.85. The Kier molecular flexibility index (Phi) is 3.19. The van der Waals surface area contributed by atoms with Gasteiger partial charge in [-0.3, -0.25) is 0 Å². The maximum absolute atomic E-state index is 6.40. The van der Waals surface area contributed by atoms with Crippen molar-refractivity contribution in [2.24, 2.45) is 7.05 Å². The van der Waals surface area contributed by atoms with Crippen LogP contribution in [-0.2, 0) is 7.05 Å². The summed E-state index contributed by atoms with van der Waals surface area (Å²) in [6.45, 7) is 0. The minimum absolute atomic E-state index is 0.658. The molecule has 134 valence electrons. The maximum atomic E-state index is 6.40. The molecule has 1 aliphatic rings. The highest BCUT2D eigenvalue weighted by molar-refractivity contribution is 6.22. The van der Waals surface area contributed by atoms with Gasteiger partial charge < -0.3 is 8.98 Å². The highest BCUT2D eigenvalue weighted by Gasteiger charge is 2.24. The van der Waals surface area contributed by atoms with Gasteiger partial charge in [0.05, 0.1) is 5.52 Å². The first-order valence-electron chi connectivity index (χ1n) is 10.1. The van der Waals surface area contributed by atoms with Crippen LogP contribution >= 0.6 is 0 Å². The fraction of sp³-hybridized carbons (Fsp3) is 0.280. The van der Waals surface area contributed by atoms with E-state index in [-0.39, 0.29) is 0 Å². The fourth-order valence-electron chi connectivity index (χ4n) is 5.30. The van der Waals surface area contributed by atoms with E-state index in [0.29, 0.717) is 5.92 Å². The molecule has 2 heterocycles. The second-order valence-corrected chi connectivity index (χ2v) is 8.08. The molecule has 27 heavy (non-hydrogen) atoms. The summed E-state index contributed by atoms with van der Waals surface area (Å²) >= 11 is 0. The van der Waals surface area contributed by atoms with Gasteiger partial charge in [0.2, 0.25) is 0 Å². The summed E-state index contributed by atoms with van der Waals surface area (Å²) in [6.07, 6.45) is 6.69. The van der Waals surface area contributed by atoms with E-state index in [1.165, 1.54) is 70.2 Å². The Morgan fingerprint density at radius 2 is 1.59 bits per heavy atom. The third-order valence-electron chi connectivity index (χ3n) is 6.59. The average molecular weight is 353 g/mol. The molecule has 0 atom stereocenters. The first kappa shape index (κ1) is 15.3. The summed E-state index contributed by atoms with van der Waals surface area (Å²) in [5.41, 5.74) is 6.09. The zero-order valence-corrected chi connectivity index (χ0v) is 15.7. The third kappa shape index (κ3) is 2.07. The first-order valence-corrected chi connectivity index (χ1v) is 10.1. The number of benzene rings is 3. The van der Waals surface area contributed by atoms with Crippen molar-refractivity contribution in [2.45, 2.75) is 38.0 Å². The van der Waals surface area contributed by atoms with Crippen molar-refractivity contribution in [3.63, 3.8) is 0 Å². The second-order valence-electron chi connectivity index (χ2n) is 8.08. The zero-order valence-electron chi connectivity index (χ0n) is 15.7. The van der Waals surface area contributed by atoms with E-state index in [1.54, 1.807) is 0 Å². The average Bonchev–Trinajstić information content (AvgIpc) is 3.24. The summed E-state index contributed by atoms with van der Waals surface area (Å²) in [5.74, 6) is 0.658. The lowest BCUT2D eigenvalue weighted by Crippen LogP contribution is -2.05. The molecular formula is C25H23NO. The topological polar surface area (TPSA) is 18.1 Å². The van der Waals surface area contributed by atoms with Crippen LogP contribution in [0.25, 0.3) is 43.7 Å². The van der Waals surface area contributed by atoms with Crippen molar-refractivity contribution in [3.05, 3.63) is 60.2 Å². The van der Waals surface area contributed by atoms with E-state index in [2.05, 4.69) is 66.2 Å². The van der Waals surface area contributed by atoms with E-state index in [1.807, 2.05) is 0 Å². The van der Waals surface area contributed by atoms with Crippen LogP contribution in [0, 0.1) is 0 Å². The standard InChI is InChI=1S/C25H23NO/c1-26-21-13-7-5-12-18(21)23-19(16-9-3-2-4-10-16)15-20-17-11-6-8-14-22(17)27-25(20)24(23)26/h5-8,11-16H,2-4,9-10H2,1H3. The summed E-state index contributed by atoms with van der Waals surface area (Å²) in [7, 11) is 2.18. The summed E-state index contributed by atoms with van der Waals surface area (Å²) < 4.78 is 8.73. The number of furan rings is 1. The van der Waals surface area contributed by atoms with Crippen LogP contribution in [-0.4, -0.2) is 4.57 Å². The van der Waals surface area contributed by atoms with Gasteiger partial charge in [0.15, 0.2) is 5.58 Å². The molecule has 1 saturated carbocycles. The van der Waals surface area contributed by atoms with Crippen LogP contribution in [0.4, 0.5) is 0 Å². The Labute approximate surface area is 158 Å². The quantitative estimate of drug-likeness (QED) is 0.310. The van der Waals surface area contributed by atoms with Crippen LogP contribution < -0.4 is 0 Å². The fourth-order valence-corrected chi connectivity index (χ4v) is 5.30. The predicted molar refractivity (Wildman–Crippen MR) is 114 cm³/mol. The zero-order chi connectivity index (χ0) is 18.0. The number of fused-ring (bicyclic) bond motifs is 7. The van der Waals surface area contributed by atoms with Gasteiger partial charge in [-0.25, -0.2) is 0 Å². The molecule has 0 radical (unpaired) electrons. The molecule has 3 aromatic carbocycles. The normalized spacial score (nSPS) is 16.2. The summed E-state index contributed by atoms with van der Waals surface area (Å²) in [6, 6.07) is 19.7. The van der Waals surface area contributed by atoms with Gasteiger partial charge in [-0.05, 0) is 42.5 Å². The second kappa shape index (κ2) is 5.63. The molecule has 0 saturated heterocycles. The summed E-state index contributed by atoms with van der Waals surface area (Å²) in [5, 5.41) is 5.27. The van der Waals surface area contributed by atoms with Crippen LogP contribution in [0.1, 0.15) is 43.6 Å². The van der Waals surface area contributed by atoms with Crippen molar-refractivity contribution < 1.29 is 4.42 Å². The maximum Gasteiger partial charge on any atom is 0.159 e. The number of hydrogen-bond acceptors (Lipinski definition) is 1. The molecule has 2 nitrogen and oxygen atoms in total. The molecule has 2 heteroatoms. The molecule has 0 N–H and O–H groups in total. The third-order valence-corrected chi connectivity index (χ3v) is 6.59. The number of aromatic nitrogens is 1. The monoisotopic (exact) mass is 353 g/mol. The van der Waals surface area contributed by atoms with Crippen LogP contribution in [0.2, 0.25) is 0 Å². The number of para-hydroxylation sites is 2. The van der Waals surface area contributed by atoms with Crippen molar-refractivity contribution in [1.29, 1.82) is 0 Å². The lowest BCUT2D eigenvalue weighted by Gasteiger charge is -2.23. The van der Waals surface area contributed by atoms with E-state index >= 15 is 0 Å². The predicted octanol–water partition coefficient (Wildman–Crippen LogP) is 7.28. The van der Waals surface area contributed by atoms with Gasteiger partial charge in [-0.15, -0.1) is 0 Å². The Morgan fingerprint density at radius 1 is 0.852 bits per heavy atom. The highest BCUT2D eigenvalue weighted by atomic mass is 16.3. The molecule has 0 unspecified atom stereocenters. The summed E-state index contributed by atoms with van der Waals surface area (Å²) in [4.78, 5) is 0. The molecular weight excluding hydrogens is 330 g/mol. The van der Waals surface area contributed by atoms with Crippen LogP contribution in [0.3, 0.4) is 0 Å². The Morgan fingerprint density at radius 3 is 2.44 bits per heavy atom. The number of aryl methyl sites for hydroxylation is 1. The van der Waals surface area contributed by atoms with Gasteiger partial charge in [-0.1, -0.05) is 55.7 Å². The number of rotatable bonds is 1. The smallest absolute Gasteiger partial charge is 0.159 e. The van der Waals surface area contributed by atoms with E-state index in [4.69, 9.17) is 4.42 Å². The van der Waals surface area contributed by atoms with Gasteiger partial charge in [0, 0.05) is 34.1 Å². The first-order chi connectivity index (χ1) is 13.3.